The Bertz CT molecular complexity index is 442. The first-order chi connectivity index (χ1) is 7.25. The van der Waals surface area contributed by atoms with Crippen LogP contribution in [0.25, 0.3) is 0 Å². The number of aryl methyl sites for hydroxylation is 1. The maximum Gasteiger partial charge on any atom is 0.205 e. The Morgan fingerprint density at radius 1 is 1.47 bits per heavy atom. The van der Waals surface area contributed by atoms with Gasteiger partial charge in [-0.1, -0.05) is 35.1 Å². The summed E-state index contributed by atoms with van der Waals surface area (Å²) in [6, 6.07) is 6.03. The third-order valence-electron chi connectivity index (χ3n) is 2.04. The van der Waals surface area contributed by atoms with Gasteiger partial charge in [-0.3, -0.25) is 0 Å². The molecule has 0 aliphatic heterocycles. The highest BCUT2D eigenvalue weighted by Crippen LogP contribution is 2.18. The van der Waals surface area contributed by atoms with Crippen molar-refractivity contribution in [1.29, 1.82) is 0 Å². The predicted molar refractivity (Wildman–Crippen MR) is 63.4 cm³/mol. The normalized spacial score (nSPS) is 10.3. The monoisotopic (exact) mass is 239 g/mol. The maximum atomic E-state index is 6.02. The van der Waals surface area contributed by atoms with Gasteiger partial charge in [-0.15, -0.1) is 10.2 Å². The van der Waals surface area contributed by atoms with Gasteiger partial charge >= 0.3 is 0 Å². The fraction of sp³-hybridized carbons (Fsp3) is 0.200. The van der Waals surface area contributed by atoms with E-state index in [4.69, 9.17) is 11.6 Å². The van der Waals surface area contributed by atoms with Crippen LogP contribution in [0.2, 0.25) is 5.02 Å². The van der Waals surface area contributed by atoms with Gasteiger partial charge in [-0.05, 0) is 24.1 Å². The zero-order chi connectivity index (χ0) is 10.7. The van der Waals surface area contributed by atoms with Crippen molar-refractivity contribution < 1.29 is 0 Å². The second kappa shape index (κ2) is 4.59. The Balaban J connectivity index is 2.02. The summed E-state index contributed by atoms with van der Waals surface area (Å²) in [6.07, 6.45) is 0. The van der Waals surface area contributed by atoms with Crippen molar-refractivity contribution in [2.24, 2.45) is 0 Å². The average Bonchev–Trinajstić information content (AvgIpc) is 2.73. The second-order valence-corrected chi connectivity index (χ2v) is 4.42. The van der Waals surface area contributed by atoms with E-state index in [-0.39, 0.29) is 0 Å². The highest BCUT2D eigenvalue weighted by Gasteiger charge is 1.99. The van der Waals surface area contributed by atoms with E-state index >= 15 is 0 Å². The third kappa shape index (κ3) is 2.67. The first-order valence-corrected chi connectivity index (χ1v) is 5.76. The molecule has 0 unspecified atom stereocenters. The van der Waals surface area contributed by atoms with E-state index < -0.39 is 0 Å². The molecule has 15 heavy (non-hydrogen) atoms. The van der Waals surface area contributed by atoms with E-state index in [1.165, 1.54) is 11.3 Å². The molecule has 2 rings (SSSR count). The van der Waals surface area contributed by atoms with Gasteiger partial charge in [0.05, 0.1) is 0 Å². The Morgan fingerprint density at radius 3 is 3.00 bits per heavy atom. The van der Waals surface area contributed by atoms with Crippen LogP contribution in [0.15, 0.2) is 23.7 Å². The van der Waals surface area contributed by atoms with Crippen LogP contribution in [-0.2, 0) is 6.54 Å². The Hall–Kier alpha value is -1.13. The molecule has 3 nitrogen and oxygen atoms in total. The molecule has 0 saturated carbocycles. The molecule has 1 heterocycles. The molecule has 0 bridgehead atoms. The molecule has 0 aliphatic carbocycles. The van der Waals surface area contributed by atoms with Crippen LogP contribution in [0, 0.1) is 6.92 Å². The lowest BCUT2D eigenvalue weighted by molar-refractivity contribution is 1.05. The van der Waals surface area contributed by atoms with E-state index in [9.17, 15) is 0 Å². The summed E-state index contributed by atoms with van der Waals surface area (Å²) < 4.78 is 0. The van der Waals surface area contributed by atoms with Crippen molar-refractivity contribution in [3.05, 3.63) is 39.9 Å². The smallest absolute Gasteiger partial charge is 0.205 e. The molecule has 0 fully saturated rings. The fourth-order valence-corrected chi connectivity index (χ4v) is 1.82. The molecule has 0 spiro atoms. The summed E-state index contributed by atoms with van der Waals surface area (Å²) in [7, 11) is 0. The van der Waals surface area contributed by atoms with Crippen molar-refractivity contribution >= 4 is 28.1 Å². The number of benzene rings is 1. The summed E-state index contributed by atoms with van der Waals surface area (Å²) in [5.74, 6) is 0. The van der Waals surface area contributed by atoms with Crippen molar-refractivity contribution in [2.45, 2.75) is 13.5 Å². The minimum atomic E-state index is 0.717. The van der Waals surface area contributed by atoms with Gasteiger partial charge in [0.2, 0.25) is 5.13 Å². The first kappa shape index (κ1) is 10.4. The van der Waals surface area contributed by atoms with E-state index in [0.717, 1.165) is 27.8 Å². The minimum absolute atomic E-state index is 0.717. The zero-order valence-corrected chi connectivity index (χ0v) is 9.77. The van der Waals surface area contributed by atoms with Crippen LogP contribution < -0.4 is 5.32 Å². The van der Waals surface area contributed by atoms with Crippen molar-refractivity contribution in [3.63, 3.8) is 0 Å². The SMILES string of the molecule is Cc1ccc(CNc2nncs2)cc1Cl. The number of aromatic nitrogens is 2. The van der Waals surface area contributed by atoms with Crippen LogP contribution in [0.3, 0.4) is 0 Å². The number of nitrogens with one attached hydrogen (secondary N) is 1. The molecule has 1 N–H and O–H groups in total. The number of halogens is 1. The summed E-state index contributed by atoms with van der Waals surface area (Å²) in [4.78, 5) is 0. The molecule has 1 aromatic carbocycles. The molecule has 2 aromatic rings. The van der Waals surface area contributed by atoms with Gasteiger partial charge in [-0.2, -0.15) is 0 Å². The molecule has 0 radical (unpaired) electrons. The zero-order valence-electron chi connectivity index (χ0n) is 8.20. The van der Waals surface area contributed by atoms with Gasteiger partial charge in [0.25, 0.3) is 0 Å². The maximum absolute atomic E-state index is 6.02. The molecule has 0 atom stereocenters. The lowest BCUT2D eigenvalue weighted by Crippen LogP contribution is -1.99. The standard InChI is InChI=1S/C10H10ClN3S/c1-7-2-3-8(4-9(7)11)5-12-10-14-13-6-15-10/h2-4,6H,5H2,1H3,(H,12,14). The van der Waals surface area contributed by atoms with E-state index in [1.807, 2.05) is 19.1 Å². The Labute approximate surface area is 97.1 Å². The van der Waals surface area contributed by atoms with Gasteiger partial charge in [0.15, 0.2) is 0 Å². The van der Waals surface area contributed by atoms with Crippen LogP contribution in [0.5, 0.6) is 0 Å². The van der Waals surface area contributed by atoms with Crippen molar-refractivity contribution in [2.75, 3.05) is 5.32 Å². The molecule has 0 aliphatic rings. The summed E-state index contributed by atoms with van der Waals surface area (Å²) >= 11 is 7.50. The van der Waals surface area contributed by atoms with E-state index in [0.29, 0.717) is 0 Å². The lowest BCUT2D eigenvalue weighted by Gasteiger charge is -2.04. The Morgan fingerprint density at radius 2 is 2.33 bits per heavy atom. The lowest BCUT2D eigenvalue weighted by atomic mass is 10.1. The first-order valence-electron chi connectivity index (χ1n) is 4.51. The molecule has 1 aromatic heterocycles. The molecule has 78 valence electrons. The number of nitrogens with zero attached hydrogens (tertiary/aromatic N) is 2. The molecule has 0 saturated heterocycles. The molecular weight excluding hydrogens is 230 g/mol. The number of hydrogen-bond acceptors (Lipinski definition) is 4. The van der Waals surface area contributed by atoms with Crippen LogP contribution >= 0.6 is 22.9 Å². The highest BCUT2D eigenvalue weighted by atomic mass is 35.5. The van der Waals surface area contributed by atoms with Gasteiger partial charge in [0.1, 0.15) is 5.51 Å². The van der Waals surface area contributed by atoms with Crippen LogP contribution in [-0.4, -0.2) is 10.2 Å². The predicted octanol–water partition coefficient (Wildman–Crippen LogP) is 3.11. The summed E-state index contributed by atoms with van der Waals surface area (Å²) in [6.45, 7) is 2.71. The van der Waals surface area contributed by atoms with Crippen LogP contribution in [0.4, 0.5) is 5.13 Å². The van der Waals surface area contributed by atoms with Gasteiger partial charge in [-0.25, -0.2) is 0 Å². The second-order valence-electron chi connectivity index (χ2n) is 3.18. The highest BCUT2D eigenvalue weighted by molar-refractivity contribution is 7.13. The van der Waals surface area contributed by atoms with Crippen molar-refractivity contribution in [3.8, 4) is 0 Å². The molecular formula is C10H10ClN3S. The van der Waals surface area contributed by atoms with Crippen molar-refractivity contribution in [1.82, 2.24) is 10.2 Å². The average molecular weight is 240 g/mol. The Kier molecular flexibility index (Phi) is 3.18. The van der Waals surface area contributed by atoms with Gasteiger partial charge in [0, 0.05) is 11.6 Å². The number of anilines is 1. The number of hydrogen-bond donors (Lipinski definition) is 1. The molecule has 0 amide bonds. The van der Waals surface area contributed by atoms with Gasteiger partial charge < -0.3 is 5.32 Å². The third-order valence-corrected chi connectivity index (χ3v) is 3.10. The topological polar surface area (TPSA) is 37.8 Å². The summed E-state index contributed by atoms with van der Waals surface area (Å²) in [5, 5.41) is 12.4. The molecule has 5 heteroatoms. The minimum Gasteiger partial charge on any atom is -0.356 e. The quantitative estimate of drug-likeness (QED) is 0.895. The fourth-order valence-electron chi connectivity index (χ4n) is 1.17. The number of rotatable bonds is 3. The van der Waals surface area contributed by atoms with E-state index in [1.54, 1.807) is 5.51 Å². The summed E-state index contributed by atoms with van der Waals surface area (Å²) in [5.41, 5.74) is 3.93. The largest absolute Gasteiger partial charge is 0.356 e. The van der Waals surface area contributed by atoms with E-state index in [2.05, 4.69) is 21.6 Å². The van der Waals surface area contributed by atoms with Crippen LogP contribution in [0.1, 0.15) is 11.1 Å².